The number of pyridine rings is 1. The topological polar surface area (TPSA) is 68.0 Å². The number of para-hydroxylation sites is 1. The summed E-state index contributed by atoms with van der Waals surface area (Å²) in [7, 11) is 0. The van der Waals surface area contributed by atoms with Crippen LogP contribution in [0.3, 0.4) is 0 Å². The number of nitrogens with one attached hydrogen (secondary N) is 1. The van der Waals surface area contributed by atoms with Crippen molar-refractivity contribution < 1.29 is 9.18 Å². The summed E-state index contributed by atoms with van der Waals surface area (Å²) in [5.74, 6) is -0.101. The van der Waals surface area contributed by atoms with Gasteiger partial charge >= 0.3 is 0 Å². The molecule has 0 atom stereocenters. The standard InChI is InChI=1S/C14H14FN3OS/c15-10-3-1-2-4-12(10)18-14(19)6-8-20-13-5-7-17-9-11(13)16/h1-5,7,9H,6,8,16H2,(H,18,19). The number of thioether (sulfide) groups is 1. The van der Waals surface area contributed by atoms with Crippen LogP contribution in [0.5, 0.6) is 0 Å². The summed E-state index contributed by atoms with van der Waals surface area (Å²) in [4.78, 5) is 16.5. The van der Waals surface area contributed by atoms with E-state index in [-0.39, 0.29) is 18.0 Å². The van der Waals surface area contributed by atoms with E-state index < -0.39 is 5.82 Å². The quantitative estimate of drug-likeness (QED) is 0.831. The lowest BCUT2D eigenvalue weighted by molar-refractivity contribution is -0.115. The molecular formula is C14H14FN3OS. The van der Waals surface area contributed by atoms with Crippen molar-refractivity contribution >= 4 is 29.0 Å². The van der Waals surface area contributed by atoms with Crippen LogP contribution in [-0.4, -0.2) is 16.6 Å². The highest BCUT2D eigenvalue weighted by molar-refractivity contribution is 7.99. The first-order chi connectivity index (χ1) is 9.66. The molecule has 0 aliphatic carbocycles. The van der Waals surface area contributed by atoms with Gasteiger partial charge in [-0.05, 0) is 18.2 Å². The largest absolute Gasteiger partial charge is 0.397 e. The van der Waals surface area contributed by atoms with Crippen LogP contribution in [0.4, 0.5) is 15.8 Å². The highest BCUT2D eigenvalue weighted by atomic mass is 32.2. The lowest BCUT2D eigenvalue weighted by Crippen LogP contribution is -2.13. The van der Waals surface area contributed by atoms with Crippen LogP contribution >= 0.6 is 11.8 Å². The fourth-order valence-electron chi connectivity index (χ4n) is 1.55. The number of hydrogen-bond acceptors (Lipinski definition) is 4. The molecule has 0 saturated heterocycles. The molecule has 4 nitrogen and oxygen atoms in total. The van der Waals surface area contributed by atoms with Gasteiger partial charge in [0, 0.05) is 23.3 Å². The fourth-order valence-corrected chi connectivity index (χ4v) is 2.44. The Kier molecular flexibility index (Phi) is 4.95. The normalized spacial score (nSPS) is 10.2. The van der Waals surface area contributed by atoms with Crippen LogP contribution in [0.25, 0.3) is 0 Å². The second kappa shape index (κ2) is 6.91. The molecule has 0 aliphatic rings. The molecule has 0 radical (unpaired) electrons. The van der Waals surface area contributed by atoms with Crippen molar-refractivity contribution in [3.8, 4) is 0 Å². The van der Waals surface area contributed by atoms with Crippen molar-refractivity contribution in [2.45, 2.75) is 11.3 Å². The molecule has 3 N–H and O–H groups in total. The van der Waals surface area contributed by atoms with Gasteiger partial charge in [-0.3, -0.25) is 9.78 Å². The minimum Gasteiger partial charge on any atom is -0.397 e. The van der Waals surface area contributed by atoms with Gasteiger partial charge < -0.3 is 11.1 Å². The molecule has 6 heteroatoms. The zero-order chi connectivity index (χ0) is 14.4. The van der Waals surface area contributed by atoms with E-state index in [1.165, 1.54) is 23.9 Å². The highest BCUT2D eigenvalue weighted by Crippen LogP contribution is 2.24. The Morgan fingerprint density at radius 1 is 1.35 bits per heavy atom. The van der Waals surface area contributed by atoms with Gasteiger partial charge in [-0.1, -0.05) is 12.1 Å². The number of hydrogen-bond donors (Lipinski definition) is 2. The minimum atomic E-state index is -0.438. The first-order valence-electron chi connectivity index (χ1n) is 6.03. The second-order valence-electron chi connectivity index (χ2n) is 4.04. The molecule has 0 aliphatic heterocycles. The van der Waals surface area contributed by atoms with Gasteiger partial charge in [-0.2, -0.15) is 0 Å². The number of carbonyl (C=O) groups is 1. The third kappa shape index (κ3) is 3.96. The van der Waals surface area contributed by atoms with Crippen LogP contribution in [0, 0.1) is 5.82 Å². The summed E-state index contributed by atoms with van der Waals surface area (Å²) in [6, 6.07) is 7.89. The number of halogens is 1. The van der Waals surface area contributed by atoms with E-state index in [1.807, 2.05) is 0 Å². The molecule has 0 unspecified atom stereocenters. The maximum atomic E-state index is 13.3. The van der Waals surface area contributed by atoms with Gasteiger partial charge in [0.25, 0.3) is 0 Å². The lowest BCUT2D eigenvalue weighted by atomic mass is 10.3. The number of rotatable bonds is 5. The first-order valence-corrected chi connectivity index (χ1v) is 7.02. The van der Waals surface area contributed by atoms with Crippen molar-refractivity contribution in [2.24, 2.45) is 0 Å². The van der Waals surface area contributed by atoms with Crippen molar-refractivity contribution in [1.82, 2.24) is 4.98 Å². The Hall–Kier alpha value is -2.08. The Bertz CT molecular complexity index is 606. The van der Waals surface area contributed by atoms with Crippen LogP contribution in [0.2, 0.25) is 0 Å². The Balaban J connectivity index is 1.82. The van der Waals surface area contributed by atoms with Crippen molar-refractivity contribution in [2.75, 3.05) is 16.8 Å². The third-order valence-electron chi connectivity index (χ3n) is 2.54. The summed E-state index contributed by atoms with van der Waals surface area (Å²) in [5, 5.41) is 2.54. The van der Waals surface area contributed by atoms with Crippen molar-refractivity contribution in [3.63, 3.8) is 0 Å². The first kappa shape index (κ1) is 14.3. The summed E-state index contributed by atoms with van der Waals surface area (Å²) >= 11 is 1.47. The number of carbonyl (C=O) groups excluding carboxylic acids is 1. The van der Waals surface area contributed by atoms with E-state index in [2.05, 4.69) is 10.3 Å². The Labute approximate surface area is 120 Å². The minimum absolute atomic E-state index is 0.200. The zero-order valence-corrected chi connectivity index (χ0v) is 11.5. The number of nitrogen functional groups attached to an aromatic ring is 1. The van der Waals surface area contributed by atoms with Gasteiger partial charge in [0.1, 0.15) is 5.82 Å². The summed E-state index contributed by atoms with van der Waals surface area (Å²) < 4.78 is 13.3. The Morgan fingerprint density at radius 3 is 2.90 bits per heavy atom. The zero-order valence-electron chi connectivity index (χ0n) is 10.7. The molecule has 1 amide bonds. The molecule has 1 heterocycles. The molecular weight excluding hydrogens is 277 g/mol. The van der Waals surface area contributed by atoms with Crippen LogP contribution in [-0.2, 0) is 4.79 Å². The predicted octanol–water partition coefficient (Wildman–Crippen LogP) is 2.92. The maximum Gasteiger partial charge on any atom is 0.225 e. The second-order valence-corrected chi connectivity index (χ2v) is 5.18. The van der Waals surface area contributed by atoms with Crippen LogP contribution < -0.4 is 11.1 Å². The lowest BCUT2D eigenvalue weighted by Gasteiger charge is -2.07. The summed E-state index contributed by atoms with van der Waals surface area (Å²) in [5.41, 5.74) is 6.54. The van der Waals surface area contributed by atoms with Gasteiger partial charge in [-0.25, -0.2) is 4.39 Å². The van der Waals surface area contributed by atoms with Crippen LogP contribution in [0.1, 0.15) is 6.42 Å². The molecule has 0 fully saturated rings. The molecule has 1 aromatic heterocycles. The van der Waals surface area contributed by atoms with E-state index in [0.29, 0.717) is 11.4 Å². The number of nitrogens with two attached hydrogens (primary N) is 1. The Morgan fingerprint density at radius 2 is 2.15 bits per heavy atom. The predicted molar refractivity (Wildman–Crippen MR) is 79.0 cm³/mol. The van der Waals surface area contributed by atoms with E-state index in [0.717, 1.165) is 4.90 Å². The average molecular weight is 291 g/mol. The number of amides is 1. The fraction of sp³-hybridized carbons (Fsp3) is 0.143. The summed E-state index contributed by atoms with van der Waals surface area (Å²) in [6.45, 7) is 0. The van der Waals surface area contributed by atoms with E-state index in [9.17, 15) is 9.18 Å². The van der Waals surface area contributed by atoms with E-state index in [4.69, 9.17) is 5.73 Å². The van der Waals surface area contributed by atoms with Gasteiger partial charge in [0.2, 0.25) is 5.91 Å². The summed E-state index contributed by atoms with van der Waals surface area (Å²) in [6.07, 6.45) is 3.50. The smallest absolute Gasteiger partial charge is 0.225 e. The van der Waals surface area contributed by atoms with E-state index in [1.54, 1.807) is 30.6 Å². The van der Waals surface area contributed by atoms with Gasteiger partial charge in [0.15, 0.2) is 0 Å². The molecule has 0 bridgehead atoms. The number of benzene rings is 1. The van der Waals surface area contributed by atoms with Crippen molar-refractivity contribution in [1.29, 1.82) is 0 Å². The molecule has 104 valence electrons. The van der Waals surface area contributed by atoms with Crippen LogP contribution in [0.15, 0.2) is 47.6 Å². The molecule has 2 rings (SSSR count). The van der Waals surface area contributed by atoms with E-state index >= 15 is 0 Å². The number of anilines is 2. The molecule has 20 heavy (non-hydrogen) atoms. The number of nitrogens with zero attached hydrogens (tertiary/aromatic N) is 1. The maximum absolute atomic E-state index is 13.3. The molecule has 2 aromatic rings. The van der Waals surface area contributed by atoms with Crippen molar-refractivity contribution in [3.05, 3.63) is 48.5 Å². The third-order valence-corrected chi connectivity index (χ3v) is 3.64. The van der Waals surface area contributed by atoms with Gasteiger partial charge in [0.05, 0.1) is 17.6 Å². The average Bonchev–Trinajstić information content (AvgIpc) is 2.43. The highest BCUT2D eigenvalue weighted by Gasteiger charge is 2.07. The SMILES string of the molecule is Nc1cnccc1SCCC(=O)Nc1ccccc1F. The van der Waals surface area contributed by atoms with Gasteiger partial charge in [-0.15, -0.1) is 11.8 Å². The molecule has 1 aromatic carbocycles. The molecule has 0 saturated carbocycles. The monoisotopic (exact) mass is 291 g/mol. The number of aromatic nitrogens is 1. The molecule has 0 spiro atoms.